The Kier molecular flexibility index (Phi) is 3.85. The van der Waals surface area contributed by atoms with Gasteiger partial charge in [0.1, 0.15) is 9.84 Å². The van der Waals surface area contributed by atoms with Gasteiger partial charge in [0, 0.05) is 17.5 Å². The first-order valence-corrected chi connectivity index (χ1v) is 8.22. The third kappa shape index (κ3) is 3.29. The van der Waals surface area contributed by atoms with Gasteiger partial charge in [0.05, 0.1) is 16.8 Å². The minimum atomic E-state index is -3.07. The van der Waals surface area contributed by atoms with Crippen molar-refractivity contribution in [1.82, 2.24) is 20.2 Å². The second-order valence-corrected chi connectivity index (χ2v) is 7.12. The van der Waals surface area contributed by atoms with Crippen molar-refractivity contribution >= 4 is 31.5 Å². The molecule has 2 N–H and O–H groups in total. The van der Waals surface area contributed by atoms with Crippen LogP contribution >= 0.6 is 15.9 Å². The summed E-state index contributed by atoms with van der Waals surface area (Å²) in [6.45, 7) is 0.197. The molecule has 0 spiro atoms. The van der Waals surface area contributed by atoms with E-state index in [0.29, 0.717) is 16.0 Å². The van der Waals surface area contributed by atoms with Crippen molar-refractivity contribution in [2.75, 3.05) is 17.7 Å². The van der Waals surface area contributed by atoms with E-state index in [1.54, 1.807) is 12.1 Å². The average molecular weight is 346 g/mol. The molecule has 0 amide bonds. The van der Waals surface area contributed by atoms with E-state index in [-0.39, 0.29) is 12.3 Å². The van der Waals surface area contributed by atoms with Gasteiger partial charge in [-0.2, -0.15) is 0 Å². The predicted molar refractivity (Wildman–Crippen MR) is 75.1 cm³/mol. The second-order valence-electron chi connectivity index (χ2n) is 4.06. The maximum Gasteiger partial charge on any atom is 0.183 e. The van der Waals surface area contributed by atoms with Gasteiger partial charge in [-0.3, -0.25) is 0 Å². The fourth-order valence-corrected chi connectivity index (χ4v) is 2.47. The molecule has 0 saturated heterocycles. The molecule has 0 aliphatic heterocycles. The Hall–Kier alpha value is -1.48. The smallest absolute Gasteiger partial charge is 0.183 e. The topological polar surface area (TPSA) is 104 Å². The number of tetrazole rings is 1. The van der Waals surface area contributed by atoms with Crippen LogP contribution in [-0.2, 0) is 16.4 Å². The van der Waals surface area contributed by atoms with Crippen LogP contribution in [0.1, 0.15) is 0 Å². The Bertz CT molecular complexity index is 698. The summed E-state index contributed by atoms with van der Waals surface area (Å²) in [7, 11) is -3.07. The lowest BCUT2D eigenvalue weighted by molar-refractivity contribution is 0.581. The molecule has 1 heterocycles. The van der Waals surface area contributed by atoms with E-state index in [1.165, 1.54) is 10.9 Å². The van der Waals surface area contributed by atoms with Crippen LogP contribution in [0.3, 0.4) is 0 Å². The van der Waals surface area contributed by atoms with Gasteiger partial charge in [0.25, 0.3) is 0 Å². The van der Waals surface area contributed by atoms with Gasteiger partial charge >= 0.3 is 0 Å². The first-order chi connectivity index (χ1) is 8.88. The Balaban J connectivity index is 2.36. The molecule has 0 unspecified atom stereocenters. The number of nitrogen functional groups attached to an aromatic ring is 1. The molecule has 19 heavy (non-hydrogen) atoms. The van der Waals surface area contributed by atoms with Crippen LogP contribution in [-0.4, -0.2) is 40.6 Å². The van der Waals surface area contributed by atoms with Crippen LogP contribution < -0.4 is 5.73 Å². The number of sulfone groups is 1. The largest absolute Gasteiger partial charge is 0.398 e. The van der Waals surface area contributed by atoms with Crippen LogP contribution in [0.5, 0.6) is 0 Å². The molecule has 9 heteroatoms. The quantitative estimate of drug-likeness (QED) is 0.819. The highest BCUT2D eigenvalue weighted by Crippen LogP contribution is 2.30. The fourth-order valence-electron chi connectivity index (χ4n) is 1.52. The molecule has 0 bridgehead atoms. The van der Waals surface area contributed by atoms with Crippen molar-refractivity contribution in [2.24, 2.45) is 0 Å². The zero-order valence-electron chi connectivity index (χ0n) is 10.1. The van der Waals surface area contributed by atoms with Crippen LogP contribution in [0.4, 0.5) is 5.69 Å². The lowest BCUT2D eigenvalue weighted by Crippen LogP contribution is -2.13. The molecular weight excluding hydrogens is 334 g/mol. The molecular formula is C10H12BrN5O2S. The Morgan fingerprint density at radius 1 is 1.42 bits per heavy atom. The lowest BCUT2D eigenvalue weighted by Gasteiger charge is -2.07. The number of rotatable bonds is 4. The summed E-state index contributed by atoms with van der Waals surface area (Å²) in [5.74, 6) is 0.452. The summed E-state index contributed by atoms with van der Waals surface area (Å²) in [4.78, 5) is 0. The van der Waals surface area contributed by atoms with Crippen LogP contribution in [0.2, 0.25) is 0 Å². The summed E-state index contributed by atoms with van der Waals surface area (Å²) >= 11 is 3.37. The monoisotopic (exact) mass is 345 g/mol. The number of anilines is 1. The van der Waals surface area contributed by atoms with E-state index in [4.69, 9.17) is 5.73 Å². The van der Waals surface area contributed by atoms with Gasteiger partial charge < -0.3 is 5.73 Å². The summed E-state index contributed by atoms with van der Waals surface area (Å²) in [6.07, 6.45) is 1.17. The van der Waals surface area contributed by atoms with Crippen molar-refractivity contribution < 1.29 is 8.42 Å². The fraction of sp³-hybridized carbons (Fsp3) is 0.300. The number of hydrogen-bond donors (Lipinski definition) is 1. The van der Waals surface area contributed by atoms with Crippen LogP contribution in [0.25, 0.3) is 11.4 Å². The third-order valence-electron chi connectivity index (χ3n) is 2.48. The molecule has 2 rings (SSSR count). The molecule has 7 nitrogen and oxygen atoms in total. The van der Waals surface area contributed by atoms with Crippen molar-refractivity contribution in [2.45, 2.75) is 6.54 Å². The van der Waals surface area contributed by atoms with Crippen molar-refractivity contribution in [3.8, 4) is 11.4 Å². The first kappa shape index (κ1) is 13.9. The lowest BCUT2D eigenvalue weighted by atomic mass is 10.2. The molecule has 1 aromatic heterocycles. The van der Waals surface area contributed by atoms with E-state index < -0.39 is 9.84 Å². The first-order valence-electron chi connectivity index (χ1n) is 5.37. The van der Waals surface area contributed by atoms with E-state index in [1.807, 2.05) is 6.07 Å². The summed E-state index contributed by atoms with van der Waals surface area (Å²) < 4.78 is 24.5. The predicted octanol–water partition coefficient (Wildman–Crippen LogP) is 0.729. The number of hydrogen-bond acceptors (Lipinski definition) is 6. The number of nitrogens with two attached hydrogens (primary N) is 1. The molecule has 0 atom stereocenters. The molecule has 0 radical (unpaired) electrons. The zero-order chi connectivity index (χ0) is 14.0. The minimum Gasteiger partial charge on any atom is -0.398 e. The van der Waals surface area contributed by atoms with E-state index >= 15 is 0 Å². The van der Waals surface area contributed by atoms with Crippen molar-refractivity contribution in [3.63, 3.8) is 0 Å². The Morgan fingerprint density at radius 2 is 2.16 bits per heavy atom. The van der Waals surface area contributed by atoms with Gasteiger partial charge in [0.2, 0.25) is 0 Å². The highest BCUT2D eigenvalue weighted by molar-refractivity contribution is 9.10. The van der Waals surface area contributed by atoms with Crippen LogP contribution in [0.15, 0.2) is 22.7 Å². The molecule has 2 aromatic rings. The summed E-state index contributed by atoms with van der Waals surface area (Å²) in [5, 5.41) is 11.3. The SMILES string of the molecule is CS(=O)(=O)CCn1nnnc1-c1cccc(N)c1Br. The molecule has 1 aromatic carbocycles. The van der Waals surface area contributed by atoms with Crippen molar-refractivity contribution in [1.29, 1.82) is 0 Å². The van der Waals surface area contributed by atoms with Gasteiger partial charge in [0.15, 0.2) is 5.82 Å². The molecule has 102 valence electrons. The molecule has 0 aliphatic carbocycles. The standard InChI is InChI=1S/C10H12BrN5O2S/c1-19(17,18)6-5-16-10(13-14-15-16)7-3-2-4-8(12)9(7)11/h2-4H,5-6,12H2,1H3. The third-order valence-corrected chi connectivity index (χ3v) is 4.28. The molecule has 0 saturated carbocycles. The molecule has 0 aliphatic rings. The Labute approximate surface area is 118 Å². The normalized spacial score (nSPS) is 11.7. The highest BCUT2D eigenvalue weighted by atomic mass is 79.9. The number of nitrogens with zero attached hydrogens (tertiary/aromatic N) is 4. The van der Waals surface area contributed by atoms with E-state index in [0.717, 1.165) is 5.56 Å². The van der Waals surface area contributed by atoms with Gasteiger partial charge in [-0.25, -0.2) is 13.1 Å². The molecule has 0 fully saturated rings. The van der Waals surface area contributed by atoms with Crippen LogP contribution in [0, 0.1) is 0 Å². The van der Waals surface area contributed by atoms with Gasteiger partial charge in [-0.05, 0) is 38.5 Å². The number of halogens is 1. The van der Waals surface area contributed by atoms with Gasteiger partial charge in [-0.1, -0.05) is 6.07 Å². The van der Waals surface area contributed by atoms with Crippen molar-refractivity contribution in [3.05, 3.63) is 22.7 Å². The summed E-state index contributed by atoms with van der Waals surface area (Å²) in [5.41, 5.74) is 7.09. The second kappa shape index (κ2) is 5.25. The minimum absolute atomic E-state index is 0.0228. The zero-order valence-corrected chi connectivity index (χ0v) is 12.5. The number of aromatic nitrogens is 4. The maximum atomic E-state index is 11.2. The average Bonchev–Trinajstić information content (AvgIpc) is 2.77. The number of aryl methyl sites for hydroxylation is 1. The van der Waals surface area contributed by atoms with Gasteiger partial charge in [-0.15, -0.1) is 5.10 Å². The van der Waals surface area contributed by atoms with E-state index in [2.05, 4.69) is 31.5 Å². The summed E-state index contributed by atoms with van der Waals surface area (Å²) in [6, 6.07) is 5.34. The number of benzene rings is 1. The maximum absolute atomic E-state index is 11.2. The Morgan fingerprint density at radius 3 is 2.84 bits per heavy atom. The highest BCUT2D eigenvalue weighted by Gasteiger charge is 2.14. The van der Waals surface area contributed by atoms with E-state index in [9.17, 15) is 8.42 Å².